The van der Waals surface area contributed by atoms with E-state index in [-0.39, 0.29) is 5.41 Å². The lowest BCUT2D eigenvalue weighted by Gasteiger charge is -2.27. The Balaban J connectivity index is 2.14. The Bertz CT molecular complexity index is 403. The maximum absolute atomic E-state index is 5.58. The van der Waals surface area contributed by atoms with Gasteiger partial charge in [-0.25, -0.2) is 0 Å². The molecule has 1 aliphatic rings. The van der Waals surface area contributed by atoms with Crippen LogP contribution in [0.2, 0.25) is 0 Å². The second kappa shape index (κ2) is 6.04. The number of rotatable bonds is 5. The minimum absolute atomic E-state index is 0.239. The molecule has 1 atom stereocenters. The third kappa shape index (κ3) is 3.05. The van der Waals surface area contributed by atoms with E-state index < -0.39 is 0 Å². The van der Waals surface area contributed by atoms with Crippen molar-refractivity contribution in [3.63, 3.8) is 0 Å². The standard InChI is InChI=1S/C14H20BrNO2/c1-16-9-14(5-6-18-10-14)8-11-3-4-13(17-2)12(15)7-11/h3-4,7,16H,5-6,8-10H2,1-2H3. The molecular formula is C14H20BrNO2. The molecule has 1 aliphatic heterocycles. The van der Waals surface area contributed by atoms with Gasteiger partial charge in [0, 0.05) is 18.6 Å². The first-order chi connectivity index (χ1) is 8.69. The predicted octanol–water partition coefficient (Wildman–Crippen LogP) is 2.63. The van der Waals surface area contributed by atoms with Crippen LogP contribution in [-0.4, -0.2) is 33.9 Å². The van der Waals surface area contributed by atoms with Gasteiger partial charge in [-0.05, 0) is 53.5 Å². The van der Waals surface area contributed by atoms with Crippen LogP contribution in [0.3, 0.4) is 0 Å². The molecule has 0 aromatic heterocycles. The fourth-order valence-corrected chi connectivity index (χ4v) is 3.21. The van der Waals surface area contributed by atoms with Gasteiger partial charge in [0.05, 0.1) is 18.2 Å². The van der Waals surface area contributed by atoms with Gasteiger partial charge in [-0.15, -0.1) is 0 Å². The third-order valence-corrected chi connectivity index (χ3v) is 4.15. The van der Waals surface area contributed by atoms with Gasteiger partial charge in [-0.1, -0.05) is 6.07 Å². The molecule has 2 rings (SSSR count). The molecule has 1 unspecified atom stereocenters. The quantitative estimate of drug-likeness (QED) is 0.906. The Morgan fingerprint density at radius 1 is 1.50 bits per heavy atom. The Morgan fingerprint density at radius 3 is 2.89 bits per heavy atom. The normalized spacial score (nSPS) is 23.3. The summed E-state index contributed by atoms with van der Waals surface area (Å²) in [5.74, 6) is 0.879. The molecule has 0 amide bonds. The first-order valence-corrected chi connectivity index (χ1v) is 7.03. The van der Waals surface area contributed by atoms with Crippen molar-refractivity contribution >= 4 is 15.9 Å². The monoisotopic (exact) mass is 313 g/mol. The number of methoxy groups -OCH3 is 1. The average Bonchev–Trinajstić information content (AvgIpc) is 2.78. The minimum Gasteiger partial charge on any atom is -0.496 e. The maximum Gasteiger partial charge on any atom is 0.133 e. The molecule has 1 aromatic rings. The Hall–Kier alpha value is -0.580. The van der Waals surface area contributed by atoms with Crippen LogP contribution in [0.1, 0.15) is 12.0 Å². The van der Waals surface area contributed by atoms with Gasteiger partial charge < -0.3 is 14.8 Å². The average molecular weight is 314 g/mol. The summed E-state index contributed by atoms with van der Waals surface area (Å²) in [6.45, 7) is 2.72. The van der Waals surface area contributed by atoms with Crippen LogP contribution in [-0.2, 0) is 11.2 Å². The summed E-state index contributed by atoms with van der Waals surface area (Å²) in [4.78, 5) is 0. The smallest absolute Gasteiger partial charge is 0.133 e. The van der Waals surface area contributed by atoms with Crippen LogP contribution in [0.25, 0.3) is 0 Å². The summed E-state index contributed by atoms with van der Waals surface area (Å²) in [5.41, 5.74) is 1.56. The SMILES string of the molecule is CNCC1(Cc2ccc(OC)c(Br)c2)CCOC1. The molecular weight excluding hydrogens is 294 g/mol. The third-order valence-electron chi connectivity index (χ3n) is 3.53. The van der Waals surface area contributed by atoms with E-state index in [1.165, 1.54) is 5.56 Å². The second-order valence-corrected chi connectivity index (χ2v) is 5.83. The lowest BCUT2D eigenvalue weighted by Crippen LogP contribution is -2.35. The zero-order valence-electron chi connectivity index (χ0n) is 11.0. The van der Waals surface area contributed by atoms with Gasteiger partial charge in [0.15, 0.2) is 0 Å². The van der Waals surface area contributed by atoms with E-state index in [1.807, 2.05) is 13.1 Å². The fourth-order valence-electron chi connectivity index (χ4n) is 2.62. The van der Waals surface area contributed by atoms with Crippen molar-refractivity contribution < 1.29 is 9.47 Å². The molecule has 18 heavy (non-hydrogen) atoms. The van der Waals surface area contributed by atoms with E-state index in [0.29, 0.717) is 0 Å². The van der Waals surface area contributed by atoms with Crippen LogP contribution >= 0.6 is 15.9 Å². The molecule has 1 heterocycles. The second-order valence-electron chi connectivity index (χ2n) is 4.98. The van der Waals surface area contributed by atoms with Gasteiger partial charge in [-0.2, -0.15) is 0 Å². The molecule has 1 fully saturated rings. The van der Waals surface area contributed by atoms with Gasteiger partial charge in [0.2, 0.25) is 0 Å². The molecule has 0 spiro atoms. The maximum atomic E-state index is 5.58. The van der Waals surface area contributed by atoms with Crippen molar-refractivity contribution in [2.75, 3.05) is 33.9 Å². The zero-order chi connectivity index (χ0) is 13.0. The molecule has 0 bridgehead atoms. The summed E-state index contributed by atoms with van der Waals surface area (Å²) in [6.07, 6.45) is 2.16. The molecule has 1 aromatic carbocycles. The number of ether oxygens (including phenoxy) is 2. The van der Waals surface area contributed by atoms with Crippen molar-refractivity contribution in [1.82, 2.24) is 5.32 Å². The molecule has 100 valence electrons. The summed E-state index contributed by atoms with van der Waals surface area (Å²) >= 11 is 3.54. The van der Waals surface area contributed by atoms with Crippen molar-refractivity contribution in [1.29, 1.82) is 0 Å². The number of hydrogen-bond acceptors (Lipinski definition) is 3. The molecule has 3 nitrogen and oxygen atoms in total. The Morgan fingerprint density at radius 2 is 2.33 bits per heavy atom. The predicted molar refractivity (Wildman–Crippen MR) is 76.2 cm³/mol. The summed E-state index contributed by atoms with van der Waals surface area (Å²) < 4.78 is 11.9. The first-order valence-electron chi connectivity index (χ1n) is 6.24. The minimum atomic E-state index is 0.239. The highest BCUT2D eigenvalue weighted by Crippen LogP contribution is 2.34. The van der Waals surface area contributed by atoms with E-state index in [2.05, 4.69) is 33.4 Å². The van der Waals surface area contributed by atoms with Gasteiger partial charge in [0.1, 0.15) is 5.75 Å². The van der Waals surface area contributed by atoms with Crippen LogP contribution in [0, 0.1) is 5.41 Å². The highest BCUT2D eigenvalue weighted by molar-refractivity contribution is 9.10. The number of nitrogens with one attached hydrogen (secondary N) is 1. The highest BCUT2D eigenvalue weighted by Gasteiger charge is 2.34. The van der Waals surface area contributed by atoms with E-state index in [1.54, 1.807) is 7.11 Å². The lowest BCUT2D eigenvalue weighted by molar-refractivity contribution is 0.150. The van der Waals surface area contributed by atoms with Gasteiger partial charge >= 0.3 is 0 Å². The van der Waals surface area contributed by atoms with Crippen molar-refractivity contribution in [3.8, 4) is 5.75 Å². The molecule has 0 saturated carbocycles. The van der Waals surface area contributed by atoms with Crippen molar-refractivity contribution in [3.05, 3.63) is 28.2 Å². The van der Waals surface area contributed by atoms with E-state index >= 15 is 0 Å². The van der Waals surface area contributed by atoms with Crippen LogP contribution in [0.4, 0.5) is 0 Å². The van der Waals surface area contributed by atoms with Crippen molar-refractivity contribution in [2.24, 2.45) is 5.41 Å². The van der Waals surface area contributed by atoms with Gasteiger partial charge in [0.25, 0.3) is 0 Å². The van der Waals surface area contributed by atoms with Crippen LogP contribution < -0.4 is 10.1 Å². The zero-order valence-corrected chi connectivity index (χ0v) is 12.5. The fraction of sp³-hybridized carbons (Fsp3) is 0.571. The largest absolute Gasteiger partial charge is 0.496 e. The first kappa shape index (κ1) is 13.8. The van der Waals surface area contributed by atoms with Crippen molar-refractivity contribution in [2.45, 2.75) is 12.8 Å². The van der Waals surface area contributed by atoms with E-state index in [9.17, 15) is 0 Å². The summed E-state index contributed by atoms with van der Waals surface area (Å²) in [7, 11) is 3.69. The lowest BCUT2D eigenvalue weighted by atomic mass is 9.81. The Kier molecular flexibility index (Phi) is 4.65. The molecule has 0 radical (unpaired) electrons. The number of benzene rings is 1. The van der Waals surface area contributed by atoms with E-state index in [4.69, 9.17) is 9.47 Å². The molecule has 4 heteroatoms. The molecule has 1 saturated heterocycles. The summed E-state index contributed by atoms with van der Waals surface area (Å²) in [5, 5.41) is 3.29. The van der Waals surface area contributed by atoms with E-state index in [0.717, 1.165) is 42.8 Å². The van der Waals surface area contributed by atoms with Gasteiger partial charge in [-0.3, -0.25) is 0 Å². The topological polar surface area (TPSA) is 30.5 Å². The number of hydrogen-bond donors (Lipinski definition) is 1. The summed E-state index contributed by atoms with van der Waals surface area (Å²) in [6, 6.07) is 6.30. The highest BCUT2D eigenvalue weighted by atomic mass is 79.9. The van der Waals surface area contributed by atoms with Crippen LogP contribution in [0.5, 0.6) is 5.75 Å². The molecule has 0 aliphatic carbocycles. The Labute approximate surface area is 117 Å². The van der Waals surface area contributed by atoms with Crippen LogP contribution in [0.15, 0.2) is 22.7 Å². The number of halogens is 1. The molecule has 1 N–H and O–H groups in total.